The summed E-state index contributed by atoms with van der Waals surface area (Å²) >= 11 is 0. The molecule has 0 spiro atoms. The first-order valence-electron chi connectivity index (χ1n) is 6.88. The standard InChI is InChI=1S/C16H24FN3O/c1-16(2,3)19-15(21)13-5-7-14(8-6-13)20(4)11-12(9-17)10-18/h5-9H,10-11,18H2,1-4H3,(H,19,21)/b12-9+. The van der Waals surface area contributed by atoms with Crippen molar-refractivity contribution >= 4 is 11.6 Å². The number of anilines is 1. The number of nitrogens with two attached hydrogens (primary N) is 1. The average molecular weight is 293 g/mol. The van der Waals surface area contributed by atoms with Crippen molar-refractivity contribution < 1.29 is 9.18 Å². The van der Waals surface area contributed by atoms with Gasteiger partial charge in [-0.3, -0.25) is 4.79 Å². The molecule has 21 heavy (non-hydrogen) atoms. The van der Waals surface area contributed by atoms with E-state index in [1.807, 2.05) is 44.9 Å². The number of rotatable bonds is 5. The van der Waals surface area contributed by atoms with Crippen molar-refractivity contribution in [2.75, 3.05) is 25.0 Å². The van der Waals surface area contributed by atoms with Crippen LogP contribution in [0, 0.1) is 0 Å². The summed E-state index contributed by atoms with van der Waals surface area (Å²) in [5.41, 5.74) is 7.19. The van der Waals surface area contributed by atoms with E-state index in [9.17, 15) is 9.18 Å². The third-order valence-corrected chi connectivity index (χ3v) is 2.92. The second-order valence-corrected chi connectivity index (χ2v) is 6.08. The van der Waals surface area contributed by atoms with Gasteiger partial charge in [0.25, 0.3) is 5.91 Å². The normalized spacial score (nSPS) is 12.2. The molecule has 1 amide bonds. The fourth-order valence-electron chi connectivity index (χ4n) is 1.82. The second-order valence-electron chi connectivity index (χ2n) is 6.08. The van der Waals surface area contributed by atoms with E-state index in [1.54, 1.807) is 12.1 Å². The number of amides is 1. The number of benzene rings is 1. The Balaban J connectivity index is 2.76. The van der Waals surface area contributed by atoms with Gasteiger partial charge in [-0.1, -0.05) is 0 Å². The Hall–Kier alpha value is -1.88. The van der Waals surface area contributed by atoms with Gasteiger partial charge in [-0.25, -0.2) is 4.39 Å². The van der Waals surface area contributed by atoms with Crippen LogP contribution < -0.4 is 16.0 Å². The Labute approximate surface area is 125 Å². The van der Waals surface area contributed by atoms with Crippen LogP contribution in [0.5, 0.6) is 0 Å². The maximum Gasteiger partial charge on any atom is 0.251 e. The zero-order valence-electron chi connectivity index (χ0n) is 13.1. The van der Waals surface area contributed by atoms with Crippen molar-refractivity contribution in [3.8, 4) is 0 Å². The molecule has 0 atom stereocenters. The van der Waals surface area contributed by atoms with Gasteiger partial charge in [0.2, 0.25) is 0 Å². The molecular formula is C16H24FN3O. The molecule has 0 aliphatic rings. The molecule has 0 aromatic heterocycles. The zero-order valence-corrected chi connectivity index (χ0v) is 13.1. The highest BCUT2D eigenvalue weighted by Crippen LogP contribution is 2.15. The van der Waals surface area contributed by atoms with Crippen LogP contribution in [0.15, 0.2) is 36.2 Å². The summed E-state index contributed by atoms with van der Waals surface area (Å²) in [6, 6.07) is 7.19. The Kier molecular flexibility index (Phi) is 5.90. The van der Waals surface area contributed by atoms with Crippen LogP contribution in [-0.4, -0.2) is 31.6 Å². The SMILES string of the molecule is CN(C/C(=C/F)CN)c1ccc(C(=O)NC(C)(C)C)cc1. The minimum atomic E-state index is -0.269. The van der Waals surface area contributed by atoms with E-state index in [0.717, 1.165) is 5.69 Å². The molecule has 0 heterocycles. The Bertz CT molecular complexity index is 503. The maximum absolute atomic E-state index is 12.5. The van der Waals surface area contributed by atoms with Gasteiger partial charge >= 0.3 is 0 Å². The van der Waals surface area contributed by atoms with Crippen LogP contribution >= 0.6 is 0 Å². The first-order valence-corrected chi connectivity index (χ1v) is 6.88. The summed E-state index contributed by atoms with van der Waals surface area (Å²) in [4.78, 5) is 13.9. The Morgan fingerprint density at radius 3 is 2.33 bits per heavy atom. The third-order valence-electron chi connectivity index (χ3n) is 2.92. The first-order chi connectivity index (χ1) is 9.76. The highest BCUT2D eigenvalue weighted by Gasteiger charge is 2.15. The van der Waals surface area contributed by atoms with Gasteiger partial charge in [-0.15, -0.1) is 0 Å². The molecule has 1 aromatic carbocycles. The number of likely N-dealkylation sites (N-methyl/N-ethyl adjacent to an activating group) is 1. The molecule has 3 N–H and O–H groups in total. The zero-order chi connectivity index (χ0) is 16.0. The minimum Gasteiger partial charge on any atom is -0.370 e. The van der Waals surface area contributed by atoms with Crippen LogP contribution in [0.3, 0.4) is 0 Å². The van der Waals surface area contributed by atoms with Gasteiger partial charge in [-0.05, 0) is 50.6 Å². The Morgan fingerprint density at radius 2 is 1.90 bits per heavy atom. The van der Waals surface area contributed by atoms with E-state index in [2.05, 4.69) is 5.32 Å². The molecule has 1 aromatic rings. The quantitative estimate of drug-likeness (QED) is 0.877. The smallest absolute Gasteiger partial charge is 0.251 e. The van der Waals surface area contributed by atoms with Crippen molar-refractivity contribution in [2.45, 2.75) is 26.3 Å². The lowest BCUT2D eigenvalue weighted by Crippen LogP contribution is -2.40. The lowest BCUT2D eigenvalue weighted by atomic mass is 10.1. The lowest BCUT2D eigenvalue weighted by Gasteiger charge is -2.22. The summed E-state index contributed by atoms with van der Waals surface area (Å²) in [6.07, 6.45) is 0.543. The number of hydrogen-bond acceptors (Lipinski definition) is 3. The van der Waals surface area contributed by atoms with Crippen LogP contribution in [0.1, 0.15) is 31.1 Å². The van der Waals surface area contributed by atoms with Crippen LogP contribution in [-0.2, 0) is 0 Å². The van der Waals surface area contributed by atoms with Crippen molar-refractivity contribution in [2.24, 2.45) is 5.73 Å². The first kappa shape index (κ1) is 17.2. The van der Waals surface area contributed by atoms with Crippen LogP contribution in [0.4, 0.5) is 10.1 Å². The molecule has 0 radical (unpaired) electrons. The summed E-state index contributed by atoms with van der Waals surface area (Å²) in [6.45, 7) is 6.41. The predicted octanol–water partition coefficient (Wildman–Crippen LogP) is 2.46. The summed E-state index contributed by atoms with van der Waals surface area (Å²) in [7, 11) is 1.85. The predicted molar refractivity (Wildman–Crippen MR) is 85.2 cm³/mol. The molecule has 0 unspecified atom stereocenters. The second kappa shape index (κ2) is 7.22. The fraction of sp³-hybridized carbons (Fsp3) is 0.438. The van der Waals surface area contributed by atoms with Gasteiger partial charge < -0.3 is 16.0 Å². The van der Waals surface area contributed by atoms with Gasteiger partial charge in [0, 0.05) is 36.9 Å². The van der Waals surface area contributed by atoms with E-state index in [1.165, 1.54) is 0 Å². The molecule has 4 nitrogen and oxygen atoms in total. The van der Waals surface area contributed by atoms with E-state index in [0.29, 0.717) is 24.0 Å². The molecule has 1 rings (SSSR count). The highest BCUT2D eigenvalue weighted by molar-refractivity contribution is 5.94. The van der Waals surface area contributed by atoms with Gasteiger partial charge in [-0.2, -0.15) is 0 Å². The van der Waals surface area contributed by atoms with Crippen LogP contribution in [0.2, 0.25) is 0 Å². The van der Waals surface area contributed by atoms with Crippen molar-refractivity contribution in [3.63, 3.8) is 0 Å². The topological polar surface area (TPSA) is 58.4 Å². The monoisotopic (exact) mass is 293 g/mol. The molecule has 0 fully saturated rings. The van der Waals surface area contributed by atoms with Crippen molar-refractivity contribution in [3.05, 3.63) is 41.7 Å². The highest BCUT2D eigenvalue weighted by atomic mass is 19.1. The van der Waals surface area contributed by atoms with Crippen LogP contribution in [0.25, 0.3) is 0 Å². The number of carbonyl (C=O) groups is 1. The minimum absolute atomic E-state index is 0.108. The van der Waals surface area contributed by atoms with Gasteiger partial charge in [0.1, 0.15) is 0 Å². The summed E-state index contributed by atoms with van der Waals surface area (Å²) in [5.74, 6) is -0.108. The molecule has 0 saturated carbocycles. The summed E-state index contributed by atoms with van der Waals surface area (Å²) < 4.78 is 12.5. The molecular weight excluding hydrogens is 269 g/mol. The number of halogens is 1. The Morgan fingerprint density at radius 1 is 1.33 bits per heavy atom. The maximum atomic E-state index is 12.5. The number of hydrogen-bond donors (Lipinski definition) is 2. The van der Waals surface area contributed by atoms with E-state index >= 15 is 0 Å². The number of nitrogens with zero attached hydrogens (tertiary/aromatic N) is 1. The third kappa shape index (κ3) is 5.55. The molecule has 0 aliphatic heterocycles. The van der Waals surface area contributed by atoms with E-state index in [-0.39, 0.29) is 18.0 Å². The molecule has 0 saturated heterocycles. The summed E-state index contributed by atoms with van der Waals surface area (Å²) in [5, 5.41) is 2.91. The van der Waals surface area contributed by atoms with Gasteiger partial charge in [0.15, 0.2) is 0 Å². The van der Waals surface area contributed by atoms with E-state index in [4.69, 9.17) is 5.73 Å². The van der Waals surface area contributed by atoms with Gasteiger partial charge in [0.05, 0.1) is 6.33 Å². The average Bonchev–Trinajstić information content (AvgIpc) is 2.42. The lowest BCUT2D eigenvalue weighted by molar-refractivity contribution is 0.0919. The fourth-order valence-corrected chi connectivity index (χ4v) is 1.82. The molecule has 0 bridgehead atoms. The van der Waals surface area contributed by atoms with Crippen molar-refractivity contribution in [1.82, 2.24) is 5.32 Å². The largest absolute Gasteiger partial charge is 0.370 e. The number of nitrogens with one attached hydrogen (secondary N) is 1. The molecule has 5 heteroatoms. The molecule has 116 valence electrons. The van der Waals surface area contributed by atoms with Crippen molar-refractivity contribution in [1.29, 1.82) is 0 Å². The van der Waals surface area contributed by atoms with E-state index < -0.39 is 0 Å². The number of carbonyl (C=O) groups excluding carboxylic acids is 1. The molecule has 0 aliphatic carbocycles.